The van der Waals surface area contributed by atoms with E-state index < -0.39 is 0 Å². The number of allylic oxidation sites excluding steroid dienone is 2. The number of hydrogen-bond donors (Lipinski definition) is 4. The monoisotopic (exact) mass is 446 g/mol. The molecule has 0 aromatic heterocycles. The van der Waals surface area contributed by atoms with Gasteiger partial charge in [-0.15, -0.1) is 0 Å². The van der Waals surface area contributed by atoms with Crippen molar-refractivity contribution in [2.45, 2.75) is 41.0 Å². The van der Waals surface area contributed by atoms with E-state index in [9.17, 15) is 4.79 Å². The molecule has 174 valence electrons. The van der Waals surface area contributed by atoms with Gasteiger partial charge in [0.25, 0.3) is 0 Å². The molecular formula is C26H34N6O. The number of nitrogens with two attached hydrogens (primary N) is 2. The lowest BCUT2D eigenvalue weighted by Crippen LogP contribution is -2.19. The highest BCUT2D eigenvalue weighted by molar-refractivity contribution is 6.00. The molecule has 0 unspecified atom stereocenters. The Bertz CT molecular complexity index is 1060. The molecule has 0 atom stereocenters. The van der Waals surface area contributed by atoms with E-state index in [1.165, 1.54) is 0 Å². The van der Waals surface area contributed by atoms with Crippen LogP contribution in [0, 0.1) is 5.92 Å². The van der Waals surface area contributed by atoms with Crippen molar-refractivity contribution in [3.05, 3.63) is 71.8 Å². The number of nitrogens with zero attached hydrogens (tertiary/aromatic N) is 2. The van der Waals surface area contributed by atoms with E-state index in [0.29, 0.717) is 29.5 Å². The van der Waals surface area contributed by atoms with Crippen LogP contribution in [0.15, 0.2) is 70.7 Å². The van der Waals surface area contributed by atoms with Crippen LogP contribution < -0.4 is 22.1 Å². The van der Waals surface area contributed by atoms with Crippen LogP contribution in [0.1, 0.15) is 52.2 Å². The summed E-state index contributed by atoms with van der Waals surface area (Å²) in [5, 5.41) is 5.67. The number of amides is 2. The van der Waals surface area contributed by atoms with Gasteiger partial charge in [-0.1, -0.05) is 57.2 Å². The van der Waals surface area contributed by atoms with Gasteiger partial charge in [-0.3, -0.25) is 0 Å². The van der Waals surface area contributed by atoms with Gasteiger partial charge in [0, 0.05) is 23.7 Å². The highest BCUT2D eigenvalue weighted by Crippen LogP contribution is 2.21. The van der Waals surface area contributed by atoms with Crippen LogP contribution >= 0.6 is 0 Å². The second kappa shape index (κ2) is 12.2. The maximum atomic E-state index is 12.4. The lowest BCUT2D eigenvalue weighted by atomic mass is 10.1. The summed E-state index contributed by atoms with van der Waals surface area (Å²) in [5.74, 6) is 1.33. The normalized spacial score (nSPS) is 13.3. The van der Waals surface area contributed by atoms with Crippen molar-refractivity contribution in [3.63, 3.8) is 0 Å². The fourth-order valence-corrected chi connectivity index (χ4v) is 2.84. The predicted octanol–water partition coefficient (Wildman–Crippen LogP) is 5.83. The number of anilines is 2. The minimum atomic E-state index is -0.330. The van der Waals surface area contributed by atoms with Crippen molar-refractivity contribution in [2.24, 2.45) is 27.4 Å². The molecule has 6 N–H and O–H groups in total. The number of benzene rings is 2. The Balaban J connectivity index is 2.03. The lowest BCUT2D eigenvalue weighted by molar-refractivity contribution is 0.262. The molecule has 7 heteroatoms. The molecule has 33 heavy (non-hydrogen) atoms. The van der Waals surface area contributed by atoms with Gasteiger partial charge in [0.15, 0.2) is 0 Å². The summed E-state index contributed by atoms with van der Waals surface area (Å²) in [7, 11) is 0. The van der Waals surface area contributed by atoms with E-state index in [0.717, 1.165) is 22.5 Å². The molecule has 0 spiro atoms. The lowest BCUT2D eigenvalue weighted by Gasteiger charge is -2.10. The summed E-state index contributed by atoms with van der Waals surface area (Å²) in [6.45, 7) is 9.79. The van der Waals surface area contributed by atoms with Crippen LogP contribution in [0.5, 0.6) is 0 Å². The van der Waals surface area contributed by atoms with Gasteiger partial charge in [0.05, 0.1) is 17.2 Å². The maximum absolute atomic E-state index is 12.4. The molecule has 0 aliphatic carbocycles. The molecule has 0 heterocycles. The maximum Gasteiger partial charge on any atom is 0.323 e. The van der Waals surface area contributed by atoms with Crippen LogP contribution in [-0.2, 0) is 0 Å². The number of nitrogens with one attached hydrogen (secondary N) is 2. The van der Waals surface area contributed by atoms with Gasteiger partial charge in [-0.2, -0.15) is 0 Å². The zero-order chi connectivity index (χ0) is 24.4. The van der Waals surface area contributed by atoms with Crippen molar-refractivity contribution in [2.75, 3.05) is 10.6 Å². The standard InChI is InChI=1S/C26H34N6O/c1-6-22(31-24(27)8-3)18-9-13-20(14-10-18)29-26(33)30-21-15-11-19(12-16-21)23(7-2)32-25(28)17(4)5/h6-7,9-17H,8H2,1-5H3,(H2,27,31)(H2,28,32)(H2,29,30,33)/b22-6-,23-7-. The molecule has 2 rings (SSSR count). The Hall–Kier alpha value is -3.87. The van der Waals surface area contributed by atoms with Crippen LogP contribution in [0.25, 0.3) is 11.4 Å². The first-order valence-electron chi connectivity index (χ1n) is 11.1. The third kappa shape index (κ3) is 7.64. The summed E-state index contributed by atoms with van der Waals surface area (Å²) >= 11 is 0. The van der Waals surface area contributed by atoms with Crippen LogP contribution in [-0.4, -0.2) is 17.7 Å². The Kier molecular flexibility index (Phi) is 9.42. The Labute approximate surface area is 196 Å². The van der Waals surface area contributed by atoms with Gasteiger partial charge in [0.1, 0.15) is 5.84 Å². The molecule has 2 aromatic carbocycles. The summed E-state index contributed by atoms with van der Waals surface area (Å²) in [6.07, 6.45) is 4.51. The topological polar surface area (TPSA) is 118 Å². The highest BCUT2D eigenvalue weighted by Gasteiger charge is 2.07. The van der Waals surface area contributed by atoms with E-state index in [2.05, 4.69) is 20.6 Å². The minimum absolute atomic E-state index is 0.172. The zero-order valence-electron chi connectivity index (χ0n) is 20.0. The molecule has 0 saturated carbocycles. The van der Waals surface area contributed by atoms with Crippen LogP contribution in [0.2, 0.25) is 0 Å². The van der Waals surface area contributed by atoms with Crippen LogP contribution in [0.4, 0.5) is 16.2 Å². The number of amidine groups is 2. The molecule has 0 bridgehead atoms. The fourth-order valence-electron chi connectivity index (χ4n) is 2.84. The summed E-state index contributed by atoms with van der Waals surface area (Å²) in [6, 6.07) is 14.6. The first-order chi connectivity index (χ1) is 15.8. The van der Waals surface area contributed by atoms with Crippen LogP contribution in [0.3, 0.4) is 0 Å². The number of aliphatic imine (C=N–C) groups is 2. The molecule has 0 saturated heterocycles. The van der Waals surface area contributed by atoms with E-state index >= 15 is 0 Å². The fraction of sp³-hybridized carbons (Fsp3) is 0.269. The van der Waals surface area contributed by atoms with Crippen molar-refractivity contribution in [1.82, 2.24) is 0 Å². The van der Waals surface area contributed by atoms with Gasteiger partial charge in [-0.25, -0.2) is 14.8 Å². The van der Waals surface area contributed by atoms with Crippen molar-refractivity contribution in [3.8, 4) is 0 Å². The first kappa shape index (κ1) is 25.4. The largest absolute Gasteiger partial charge is 0.387 e. The minimum Gasteiger partial charge on any atom is -0.387 e. The van der Waals surface area contributed by atoms with Crippen molar-refractivity contribution >= 4 is 40.5 Å². The van der Waals surface area contributed by atoms with Gasteiger partial charge in [-0.05, 0) is 49.2 Å². The molecule has 2 aromatic rings. The quantitative estimate of drug-likeness (QED) is 0.302. The second-order valence-electron chi connectivity index (χ2n) is 7.73. The third-order valence-electron chi connectivity index (χ3n) is 4.89. The molecule has 0 aliphatic heterocycles. The first-order valence-corrected chi connectivity index (χ1v) is 11.1. The number of rotatable bonds is 8. The molecular weight excluding hydrogens is 412 g/mol. The third-order valence-corrected chi connectivity index (χ3v) is 4.89. The summed E-state index contributed by atoms with van der Waals surface area (Å²) in [4.78, 5) is 21.3. The second-order valence-corrected chi connectivity index (χ2v) is 7.73. The average Bonchev–Trinajstić information content (AvgIpc) is 2.81. The molecule has 0 fully saturated rings. The molecule has 2 amide bonds. The smallest absolute Gasteiger partial charge is 0.323 e. The molecule has 0 aliphatic rings. The Morgan fingerprint density at radius 3 is 1.64 bits per heavy atom. The number of hydrogen-bond acceptors (Lipinski definition) is 3. The van der Waals surface area contributed by atoms with E-state index in [4.69, 9.17) is 11.5 Å². The summed E-state index contributed by atoms with van der Waals surface area (Å²) < 4.78 is 0. The Morgan fingerprint density at radius 1 is 0.848 bits per heavy atom. The average molecular weight is 447 g/mol. The van der Waals surface area contributed by atoms with Gasteiger partial charge < -0.3 is 22.1 Å². The highest BCUT2D eigenvalue weighted by atomic mass is 16.2. The molecule has 7 nitrogen and oxygen atoms in total. The SMILES string of the molecule is C/C=C(\N=C(N)CC)c1ccc(NC(=O)Nc2ccc(/C(=C/C)N=C(N)C(C)C)cc2)cc1. The van der Waals surface area contributed by atoms with Crippen molar-refractivity contribution in [1.29, 1.82) is 0 Å². The zero-order valence-corrected chi connectivity index (χ0v) is 20.0. The van der Waals surface area contributed by atoms with E-state index in [1.807, 2.05) is 95.3 Å². The van der Waals surface area contributed by atoms with E-state index in [-0.39, 0.29) is 11.9 Å². The number of urea groups is 1. The predicted molar refractivity (Wildman–Crippen MR) is 141 cm³/mol. The Morgan fingerprint density at radius 2 is 1.27 bits per heavy atom. The van der Waals surface area contributed by atoms with E-state index in [1.54, 1.807) is 0 Å². The summed E-state index contributed by atoms with van der Waals surface area (Å²) in [5.41, 5.74) is 16.6. The number of carbonyl (C=O) groups excluding carboxylic acids is 1. The van der Waals surface area contributed by atoms with Gasteiger partial charge in [0.2, 0.25) is 0 Å². The van der Waals surface area contributed by atoms with Crippen molar-refractivity contribution < 1.29 is 4.79 Å². The molecule has 0 radical (unpaired) electrons. The number of carbonyl (C=O) groups is 1. The van der Waals surface area contributed by atoms with Gasteiger partial charge >= 0.3 is 6.03 Å².